The van der Waals surface area contributed by atoms with Crippen LogP contribution in [0.1, 0.15) is 32.6 Å². The minimum Gasteiger partial charge on any atom is -0.507 e. The number of nitrogens with zero attached hydrogens (tertiary/aromatic N) is 3. The summed E-state index contributed by atoms with van der Waals surface area (Å²) in [5, 5.41) is 22.9. The second-order valence-electron chi connectivity index (χ2n) is 7.86. The van der Waals surface area contributed by atoms with E-state index < -0.39 is 0 Å². The first-order chi connectivity index (χ1) is 15.0. The van der Waals surface area contributed by atoms with Gasteiger partial charge >= 0.3 is 0 Å². The van der Waals surface area contributed by atoms with Gasteiger partial charge in [-0.25, -0.2) is 0 Å². The zero-order chi connectivity index (χ0) is 21.8. The largest absolute Gasteiger partial charge is 0.507 e. The number of para-hydroxylation sites is 1. The van der Waals surface area contributed by atoms with E-state index in [0.29, 0.717) is 22.5 Å². The lowest BCUT2D eigenvalue weighted by Crippen LogP contribution is -2.41. The Balaban J connectivity index is 1.58. The van der Waals surface area contributed by atoms with Crippen LogP contribution in [0.3, 0.4) is 0 Å². The minimum absolute atomic E-state index is 0.0122. The van der Waals surface area contributed by atoms with E-state index in [1.165, 1.54) is 31.0 Å². The Hall–Kier alpha value is -2.32. The number of phenolic OH excluding ortho intramolecular Hbond substituents is 1. The lowest BCUT2D eigenvalue weighted by Gasteiger charge is -2.29. The van der Waals surface area contributed by atoms with Gasteiger partial charge in [0.15, 0.2) is 11.0 Å². The maximum absolute atomic E-state index is 12.6. The Labute approximate surface area is 194 Å². The number of halogens is 1. The van der Waals surface area contributed by atoms with E-state index in [0.717, 1.165) is 16.6 Å². The molecule has 2 atom stereocenters. The summed E-state index contributed by atoms with van der Waals surface area (Å²) < 4.78 is 2.71. The van der Waals surface area contributed by atoms with Crippen LogP contribution in [-0.2, 0) is 4.79 Å². The van der Waals surface area contributed by atoms with Crippen molar-refractivity contribution in [3.63, 3.8) is 0 Å². The normalized spacial score (nSPS) is 18.6. The summed E-state index contributed by atoms with van der Waals surface area (Å²) in [5.41, 5.74) is 1.43. The highest BCUT2D eigenvalue weighted by Crippen LogP contribution is 2.34. The maximum atomic E-state index is 12.6. The van der Waals surface area contributed by atoms with Crippen LogP contribution in [0.5, 0.6) is 5.75 Å². The number of hydrogen-bond donors (Lipinski definition) is 2. The van der Waals surface area contributed by atoms with Gasteiger partial charge < -0.3 is 10.4 Å². The Morgan fingerprint density at radius 1 is 1.19 bits per heavy atom. The Bertz CT molecular complexity index is 1060. The molecule has 0 unspecified atom stereocenters. The third kappa shape index (κ3) is 5.13. The minimum atomic E-state index is 0.0122. The molecule has 1 aliphatic rings. The highest BCUT2D eigenvalue weighted by molar-refractivity contribution is 9.10. The topological polar surface area (TPSA) is 80.0 Å². The second kappa shape index (κ2) is 9.87. The van der Waals surface area contributed by atoms with Gasteiger partial charge in [0.05, 0.1) is 11.3 Å². The summed E-state index contributed by atoms with van der Waals surface area (Å²) in [6, 6.07) is 15.2. The lowest BCUT2D eigenvalue weighted by molar-refractivity contribution is -0.119. The van der Waals surface area contributed by atoms with E-state index in [2.05, 4.69) is 38.4 Å². The van der Waals surface area contributed by atoms with Gasteiger partial charge in [0.2, 0.25) is 5.91 Å². The van der Waals surface area contributed by atoms with Crippen LogP contribution in [-0.4, -0.2) is 37.6 Å². The lowest BCUT2D eigenvalue weighted by atomic mass is 9.86. The third-order valence-electron chi connectivity index (χ3n) is 5.64. The number of carbonyl (C=O) groups is 1. The molecule has 6 nitrogen and oxygen atoms in total. The highest BCUT2D eigenvalue weighted by atomic mass is 79.9. The van der Waals surface area contributed by atoms with Crippen molar-refractivity contribution >= 4 is 33.6 Å². The molecule has 2 aromatic carbocycles. The molecule has 1 aliphatic carbocycles. The van der Waals surface area contributed by atoms with E-state index in [4.69, 9.17) is 0 Å². The van der Waals surface area contributed by atoms with Crippen LogP contribution in [0.25, 0.3) is 17.1 Å². The standard InChI is InChI=1S/C23H25BrN4O2S/c1-15-7-5-6-10-19(15)25-21(30)14-31-23-27-26-22(18-13-16(24)11-12-20(18)29)28(23)17-8-3-2-4-9-17/h2-4,8-9,11-13,15,19,29H,5-7,10,14H2,1H3,(H,25,30)/t15-,19-/m1/s1. The van der Waals surface area contributed by atoms with Gasteiger partial charge in [-0.15, -0.1) is 10.2 Å². The Morgan fingerprint density at radius 2 is 1.97 bits per heavy atom. The Kier molecular flexibility index (Phi) is 6.97. The first-order valence-electron chi connectivity index (χ1n) is 10.4. The summed E-state index contributed by atoms with van der Waals surface area (Å²) >= 11 is 4.81. The molecule has 8 heteroatoms. The van der Waals surface area contributed by atoms with Gasteiger partial charge in [0, 0.05) is 16.2 Å². The van der Waals surface area contributed by atoms with Gasteiger partial charge in [-0.3, -0.25) is 9.36 Å². The fourth-order valence-electron chi connectivity index (χ4n) is 3.94. The fourth-order valence-corrected chi connectivity index (χ4v) is 5.07. The molecular weight excluding hydrogens is 476 g/mol. The zero-order valence-corrected chi connectivity index (χ0v) is 19.7. The summed E-state index contributed by atoms with van der Waals surface area (Å²) in [6.45, 7) is 2.21. The number of carbonyl (C=O) groups excluding carboxylic acids is 1. The zero-order valence-electron chi connectivity index (χ0n) is 17.3. The number of aromatic hydroxyl groups is 1. The predicted octanol–water partition coefficient (Wildman–Crippen LogP) is 5.19. The first-order valence-corrected chi connectivity index (χ1v) is 12.2. The molecule has 3 aromatic rings. The van der Waals surface area contributed by atoms with Crippen molar-refractivity contribution in [2.45, 2.75) is 43.8 Å². The number of benzene rings is 2. The van der Waals surface area contributed by atoms with Crippen LogP contribution >= 0.6 is 27.7 Å². The van der Waals surface area contributed by atoms with E-state index >= 15 is 0 Å². The van der Waals surface area contributed by atoms with E-state index in [-0.39, 0.29) is 23.5 Å². The van der Waals surface area contributed by atoms with Crippen molar-refractivity contribution in [2.24, 2.45) is 5.92 Å². The van der Waals surface area contributed by atoms with Crippen LogP contribution in [0.4, 0.5) is 0 Å². The van der Waals surface area contributed by atoms with Crippen LogP contribution in [0.15, 0.2) is 58.2 Å². The molecule has 1 saturated carbocycles. The van der Waals surface area contributed by atoms with Crippen molar-refractivity contribution in [1.29, 1.82) is 0 Å². The van der Waals surface area contributed by atoms with Crippen LogP contribution < -0.4 is 5.32 Å². The van der Waals surface area contributed by atoms with Crippen molar-refractivity contribution in [3.05, 3.63) is 53.0 Å². The molecule has 2 N–H and O–H groups in total. The maximum Gasteiger partial charge on any atom is 0.230 e. The van der Waals surface area contributed by atoms with Crippen molar-refractivity contribution in [1.82, 2.24) is 20.1 Å². The van der Waals surface area contributed by atoms with Gasteiger partial charge in [-0.2, -0.15) is 0 Å². The molecule has 0 saturated heterocycles. The number of hydrogen-bond acceptors (Lipinski definition) is 5. The van der Waals surface area contributed by atoms with Gasteiger partial charge in [0.25, 0.3) is 0 Å². The monoisotopic (exact) mass is 500 g/mol. The molecule has 1 amide bonds. The SMILES string of the molecule is C[C@@H]1CCCC[C@H]1NC(=O)CSc1nnc(-c2cc(Br)ccc2O)n1-c1ccccc1. The summed E-state index contributed by atoms with van der Waals surface area (Å²) in [6.07, 6.45) is 4.63. The van der Waals surface area contributed by atoms with Crippen molar-refractivity contribution in [2.75, 3.05) is 5.75 Å². The average molecular weight is 501 g/mol. The highest BCUT2D eigenvalue weighted by Gasteiger charge is 2.24. The molecule has 4 rings (SSSR count). The molecule has 0 spiro atoms. The van der Waals surface area contributed by atoms with Crippen LogP contribution in [0, 0.1) is 5.92 Å². The smallest absolute Gasteiger partial charge is 0.230 e. The number of thioether (sulfide) groups is 1. The molecule has 31 heavy (non-hydrogen) atoms. The van der Waals surface area contributed by atoms with Gasteiger partial charge in [-0.1, -0.05) is 65.7 Å². The number of nitrogens with one attached hydrogen (secondary N) is 1. The summed E-state index contributed by atoms with van der Waals surface area (Å²) in [4.78, 5) is 12.6. The molecule has 0 bridgehead atoms. The summed E-state index contributed by atoms with van der Waals surface area (Å²) in [5.74, 6) is 1.43. The molecule has 0 radical (unpaired) electrons. The van der Waals surface area contributed by atoms with Crippen molar-refractivity contribution < 1.29 is 9.90 Å². The van der Waals surface area contributed by atoms with Gasteiger partial charge in [0.1, 0.15) is 5.75 Å². The van der Waals surface area contributed by atoms with Crippen LogP contribution in [0.2, 0.25) is 0 Å². The number of phenols is 1. The number of aromatic nitrogens is 3. The molecule has 1 fully saturated rings. The van der Waals surface area contributed by atoms with Gasteiger partial charge in [-0.05, 0) is 49.1 Å². The Morgan fingerprint density at radius 3 is 2.74 bits per heavy atom. The van der Waals surface area contributed by atoms with E-state index in [1.54, 1.807) is 12.1 Å². The first kappa shape index (κ1) is 21.9. The predicted molar refractivity (Wildman–Crippen MR) is 126 cm³/mol. The average Bonchev–Trinajstić information content (AvgIpc) is 3.20. The molecule has 162 valence electrons. The van der Waals surface area contributed by atoms with Crippen molar-refractivity contribution in [3.8, 4) is 22.8 Å². The number of rotatable bonds is 6. The van der Waals surface area contributed by atoms with E-state index in [1.807, 2.05) is 41.0 Å². The second-order valence-corrected chi connectivity index (χ2v) is 9.72. The quantitative estimate of drug-likeness (QED) is 0.455. The third-order valence-corrected chi connectivity index (χ3v) is 7.06. The number of amides is 1. The molecular formula is C23H25BrN4O2S. The molecule has 0 aliphatic heterocycles. The fraction of sp³-hybridized carbons (Fsp3) is 0.348. The molecule has 1 aromatic heterocycles. The summed E-state index contributed by atoms with van der Waals surface area (Å²) in [7, 11) is 0. The van der Waals surface area contributed by atoms with E-state index in [9.17, 15) is 9.90 Å². The molecule has 1 heterocycles.